The van der Waals surface area contributed by atoms with Crippen molar-refractivity contribution in [2.24, 2.45) is 0 Å². The molecule has 0 fully saturated rings. The molecule has 0 radical (unpaired) electrons. The van der Waals surface area contributed by atoms with Crippen molar-refractivity contribution >= 4 is 11.7 Å². The van der Waals surface area contributed by atoms with Gasteiger partial charge in [-0.3, -0.25) is 4.79 Å². The van der Waals surface area contributed by atoms with Crippen LogP contribution in [0, 0.1) is 0 Å². The molecule has 1 heterocycles. The van der Waals surface area contributed by atoms with Crippen molar-refractivity contribution in [2.75, 3.05) is 11.9 Å². The predicted molar refractivity (Wildman–Crippen MR) is 91.8 cm³/mol. The molecule has 1 aromatic heterocycles. The molecule has 0 aliphatic rings. The van der Waals surface area contributed by atoms with E-state index in [4.69, 9.17) is 9.26 Å². The maximum atomic E-state index is 11.4. The predicted octanol–water partition coefficient (Wildman–Crippen LogP) is 3.86. The van der Waals surface area contributed by atoms with E-state index in [1.165, 1.54) is 0 Å². The maximum absolute atomic E-state index is 11.4. The molecule has 0 aliphatic heterocycles. The Morgan fingerprint density at radius 2 is 1.96 bits per heavy atom. The molecule has 1 unspecified atom stereocenters. The van der Waals surface area contributed by atoms with Crippen molar-refractivity contribution < 1.29 is 14.1 Å². The van der Waals surface area contributed by atoms with E-state index in [9.17, 15) is 4.79 Å². The van der Waals surface area contributed by atoms with Gasteiger partial charge in [0.1, 0.15) is 6.04 Å². The summed E-state index contributed by atoms with van der Waals surface area (Å²) in [5, 5.41) is 7.31. The largest absolute Gasteiger partial charge is 0.466 e. The van der Waals surface area contributed by atoms with Crippen molar-refractivity contribution in [2.45, 2.75) is 52.5 Å². The van der Waals surface area contributed by atoms with Crippen LogP contribution >= 0.6 is 0 Å². The van der Waals surface area contributed by atoms with Crippen molar-refractivity contribution in [3.8, 4) is 0 Å². The lowest BCUT2D eigenvalue weighted by Gasteiger charge is -2.11. The van der Waals surface area contributed by atoms with E-state index in [0.29, 0.717) is 31.2 Å². The van der Waals surface area contributed by atoms with Crippen molar-refractivity contribution in [3.63, 3.8) is 0 Å². The van der Waals surface area contributed by atoms with Gasteiger partial charge in [-0.1, -0.05) is 31.1 Å². The fraction of sp³-hybridized carbons (Fsp3) is 0.500. The number of aryl methyl sites for hydroxylation is 1. The number of carbonyl (C=O) groups is 1. The molecule has 24 heavy (non-hydrogen) atoms. The highest BCUT2D eigenvalue weighted by molar-refractivity contribution is 5.69. The first-order chi connectivity index (χ1) is 11.5. The quantitative estimate of drug-likeness (QED) is 0.740. The summed E-state index contributed by atoms with van der Waals surface area (Å²) < 4.78 is 10.2. The normalized spacial score (nSPS) is 12.2. The minimum Gasteiger partial charge on any atom is -0.466 e. The van der Waals surface area contributed by atoms with Crippen LogP contribution in [-0.2, 0) is 16.0 Å². The van der Waals surface area contributed by atoms with Gasteiger partial charge in [0.05, 0.1) is 6.61 Å². The molecule has 1 N–H and O–H groups in total. The van der Waals surface area contributed by atoms with Gasteiger partial charge in [-0.05, 0) is 38.0 Å². The Labute approximate surface area is 142 Å². The number of esters is 1. The summed E-state index contributed by atoms with van der Waals surface area (Å²) in [7, 11) is 0. The number of nitrogens with zero attached hydrogens (tertiary/aromatic N) is 2. The molecule has 0 saturated heterocycles. The Morgan fingerprint density at radius 1 is 1.25 bits per heavy atom. The lowest BCUT2D eigenvalue weighted by atomic mass is 10.1. The third kappa shape index (κ3) is 5.08. The average molecular weight is 331 g/mol. The number of anilines is 1. The van der Waals surface area contributed by atoms with Crippen molar-refractivity contribution in [3.05, 3.63) is 41.5 Å². The number of benzene rings is 1. The molecular formula is C18H25N3O3. The number of carbonyl (C=O) groups excluding carboxylic acids is 1. The van der Waals surface area contributed by atoms with Crippen molar-refractivity contribution in [1.82, 2.24) is 10.1 Å². The number of nitrogens with one attached hydrogen (secondary N) is 1. The zero-order chi connectivity index (χ0) is 17.5. The molecule has 130 valence electrons. The highest BCUT2D eigenvalue weighted by atomic mass is 16.5. The lowest BCUT2D eigenvalue weighted by Crippen LogP contribution is -2.07. The monoisotopic (exact) mass is 331 g/mol. The van der Waals surface area contributed by atoms with Crippen LogP contribution in [0.2, 0.25) is 0 Å². The molecule has 1 atom stereocenters. The average Bonchev–Trinajstić information content (AvgIpc) is 3.05. The minimum atomic E-state index is -0.161. The minimum absolute atomic E-state index is 0.0737. The first kappa shape index (κ1) is 18.0. The molecule has 0 bridgehead atoms. The number of ether oxygens (including phenoxy) is 1. The lowest BCUT2D eigenvalue weighted by molar-refractivity contribution is -0.143. The fourth-order valence-corrected chi connectivity index (χ4v) is 2.22. The molecule has 0 spiro atoms. The summed E-state index contributed by atoms with van der Waals surface area (Å²) in [4.78, 5) is 15.8. The second kappa shape index (κ2) is 8.47. The van der Waals surface area contributed by atoms with E-state index in [0.717, 1.165) is 11.3 Å². The number of rotatable bonds is 8. The highest BCUT2D eigenvalue weighted by Gasteiger charge is 2.15. The van der Waals surface area contributed by atoms with Crippen LogP contribution in [0.15, 0.2) is 28.8 Å². The summed E-state index contributed by atoms with van der Waals surface area (Å²) in [5.74, 6) is 1.37. The maximum Gasteiger partial charge on any atom is 0.306 e. The van der Waals surface area contributed by atoms with Crippen molar-refractivity contribution in [1.29, 1.82) is 0 Å². The summed E-state index contributed by atoms with van der Waals surface area (Å²) in [6.07, 6.45) is 1.08. The molecule has 6 nitrogen and oxygen atoms in total. The number of hydrogen-bond acceptors (Lipinski definition) is 6. The molecule has 0 aliphatic carbocycles. The molecule has 0 saturated carbocycles. The van der Waals surface area contributed by atoms with Gasteiger partial charge in [-0.25, -0.2) is 0 Å². The van der Waals surface area contributed by atoms with Gasteiger partial charge in [-0.15, -0.1) is 0 Å². The standard InChI is InChI=1S/C18H25N3O3/c1-5-23-16(22)11-8-14-6-9-15(10-7-14)19-13(4)18-20-17(12(2)3)21-24-18/h6-7,9-10,12-13,19H,5,8,11H2,1-4H3. The van der Waals surface area contributed by atoms with Crippen LogP contribution in [0.1, 0.15) is 63.4 Å². The van der Waals surface area contributed by atoms with E-state index in [1.807, 2.05) is 52.0 Å². The van der Waals surface area contributed by atoms with Gasteiger partial charge < -0.3 is 14.6 Å². The third-order valence-electron chi connectivity index (χ3n) is 3.60. The second-order valence-electron chi connectivity index (χ2n) is 6.01. The van der Waals surface area contributed by atoms with Gasteiger partial charge in [0.25, 0.3) is 0 Å². The molecule has 0 amide bonds. The topological polar surface area (TPSA) is 77.2 Å². The first-order valence-corrected chi connectivity index (χ1v) is 8.34. The fourth-order valence-electron chi connectivity index (χ4n) is 2.22. The Bertz CT molecular complexity index is 650. The summed E-state index contributed by atoms with van der Waals surface area (Å²) >= 11 is 0. The van der Waals surface area contributed by atoms with Crippen LogP contribution in [-0.4, -0.2) is 22.7 Å². The Morgan fingerprint density at radius 3 is 2.54 bits per heavy atom. The Balaban J connectivity index is 1.89. The molecule has 2 rings (SSSR count). The molecule has 2 aromatic rings. The smallest absolute Gasteiger partial charge is 0.306 e. The van der Waals surface area contributed by atoms with Crippen LogP contribution in [0.25, 0.3) is 0 Å². The van der Waals surface area contributed by atoms with Gasteiger partial charge in [0.2, 0.25) is 5.89 Å². The van der Waals surface area contributed by atoms with Gasteiger partial charge in [0.15, 0.2) is 5.82 Å². The van der Waals surface area contributed by atoms with Crippen LogP contribution in [0.4, 0.5) is 5.69 Å². The third-order valence-corrected chi connectivity index (χ3v) is 3.60. The van der Waals surface area contributed by atoms with E-state index in [-0.39, 0.29) is 17.9 Å². The first-order valence-electron chi connectivity index (χ1n) is 8.34. The van der Waals surface area contributed by atoms with E-state index in [2.05, 4.69) is 15.5 Å². The van der Waals surface area contributed by atoms with Crippen LogP contribution < -0.4 is 5.32 Å². The second-order valence-corrected chi connectivity index (χ2v) is 6.01. The van der Waals surface area contributed by atoms with Crippen LogP contribution in [0.3, 0.4) is 0 Å². The van der Waals surface area contributed by atoms with E-state index in [1.54, 1.807) is 0 Å². The van der Waals surface area contributed by atoms with E-state index < -0.39 is 0 Å². The molecule has 1 aromatic carbocycles. The SMILES string of the molecule is CCOC(=O)CCc1ccc(NC(C)c2nc(C(C)C)no2)cc1. The number of hydrogen-bond donors (Lipinski definition) is 1. The summed E-state index contributed by atoms with van der Waals surface area (Å²) in [6.45, 7) is 8.27. The van der Waals surface area contributed by atoms with Crippen LogP contribution in [0.5, 0.6) is 0 Å². The highest BCUT2D eigenvalue weighted by Crippen LogP contribution is 2.20. The number of aromatic nitrogens is 2. The zero-order valence-electron chi connectivity index (χ0n) is 14.7. The van der Waals surface area contributed by atoms with Gasteiger partial charge >= 0.3 is 5.97 Å². The molecule has 6 heteroatoms. The zero-order valence-corrected chi connectivity index (χ0v) is 14.7. The summed E-state index contributed by atoms with van der Waals surface area (Å²) in [5.41, 5.74) is 2.06. The van der Waals surface area contributed by atoms with Gasteiger partial charge in [-0.2, -0.15) is 4.98 Å². The summed E-state index contributed by atoms with van der Waals surface area (Å²) in [6, 6.07) is 7.90. The van der Waals surface area contributed by atoms with E-state index >= 15 is 0 Å². The Kier molecular flexibility index (Phi) is 6.35. The Hall–Kier alpha value is -2.37. The molecular weight excluding hydrogens is 306 g/mol. The van der Waals surface area contributed by atoms with Gasteiger partial charge in [0, 0.05) is 18.0 Å².